The highest BCUT2D eigenvalue weighted by Gasteiger charge is 2.29. The fourth-order valence-corrected chi connectivity index (χ4v) is 2.32. The van der Waals surface area contributed by atoms with Gasteiger partial charge in [-0.3, -0.25) is 9.59 Å². The molecule has 18 heavy (non-hydrogen) atoms. The van der Waals surface area contributed by atoms with Gasteiger partial charge in [-0.25, -0.2) is 0 Å². The van der Waals surface area contributed by atoms with Crippen molar-refractivity contribution in [2.24, 2.45) is 0 Å². The lowest BCUT2D eigenvalue weighted by Gasteiger charge is -2.32. The minimum Gasteiger partial charge on any atom is -0.388 e. The molecule has 2 rings (SSSR count). The molecule has 1 heterocycles. The van der Waals surface area contributed by atoms with E-state index in [1.54, 1.807) is 0 Å². The van der Waals surface area contributed by atoms with Crippen molar-refractivity contribution in [1.82, 2.24) is 10.3 Å². The number of hydrogen-bond donors (Lipinski definition) is 3. The summed E-state index contributed by atoms with van der Waals surface area (Å²) in [5, 5.41) is 12.9. The second kappa shape index (κ2) is 5.35. The summed E-state index contributed by atoms with van der Waals surface area (Å²) in [5.41, 5.74) is -1.05. The number of aromatic nitrogens is 1. The van der Waals surface area contributed by atoms with E-state index in [1.807, 2.05) is 0 Å². The van der Waals surface area contributed by atoms with Crippen molar-refractivity contribution in [2.75, 3.05) is 6.54 Å². The summed E-state index contributed by atoms with van der Waals surface area (Å²) in [6, 6.07) is 1.31. The predicted octanol–water partition coefficient (Wildman–Crippen LogP) is 0.800. The molecule has 3 N–H and O–H groups in total. The quantitative estimate of drug-likeness (QED) is 0.742. The molecule has 0 saturated heterocycles. The summed E-state index contributed by atoms with van der Waals surface area (Å²) < 4.78 is 0. The Labute approximate surface area is 105 Å². The Hall–Kier alpha value is -1.62. The third-order valence-corrected chi connectivity index (χ3v) is 3.43. The first-order valence-corrected chi connectivity index (χ1v) is 6.28. The molecule has 98 valence electrons. The van der Waals surface area contributed by atoms with Crippen LogP contribution in [0.1, 0.15) is 42.5 Å². The van der Waals surface area contributed by atoms with E-state index in [-0.39, 0.29) is 17.5 Å². The third kappa shape index (κ3) is 2.98. The molecule has 0 atom stereocenters. The molecule has 1 aliphatic carbocycles. The van der Waals surface area contributed by atoms with Crippen LogP contribution < -0.4 is 10.7 Å². The Kier molecular flexibility index (Phi) is 3.81. The molecule has 1 amide bonds. The number of aliphatic hydroxyl groups is 1. The second-order valence-corrected chi connectivity index (χ2v) is 4.89. The fourth-order valence-electron chi connectivity index (χ4n) is 2.32. The summed E-state index contributed by atoms with van der Waals surface area (Å²) in [6.07, 6.45) is 7.37. The smallest absolute Gasteiger partial charge is 0.256 e. The monoisotopic (exact) mass is 250 g/mol. The zero-order chi connectivity index (χ0) is 13.0. The molecule has 1 aromatic rings. The van der Waals surface area contributed by atoms with Crippen molar-refractivity contribution in [1.29, 1.82) is 0 Å². The van der Waals surface area contributed by atoms with E-state index < -0.39 is 11.5 Å². The molecule has 1 aliphatic rings. The van der Waals surface area contributed by atoms with Crippen molar-refractivity contribution in [3.05, 3.63) is 34.2 Å². The van der Waals surface area contributed by atoms with Crippen LogP contribution in [0, 0.1) is 0 Å². The molecule has 0 unspecified atom stereocenters. The topological polar surface area (TPSA) is 82.2 Å². The number of amides is 1. The highest BCUT2D eigenvalue weighted by molar-refractivity contribution is 5.93. The number of pyridine rings is 1. The molecule has 1 saturated carbocycles. The number of aromatic amines is 1. The van der Waals surface area contributed by atoms with Crippen LogP contribution in [0.2, 0.25) is 0 Å². The van der Waals surface area contributed by atoms with Crippen LogP contribution in [0.5, 0.6) is 0 Å². The molecular weight excluding hydrogens is 232 g/mol. The van der Waals surface area contributed by atoms with Gasteiger partial charge in [0.2, 0.25) is 0 Å². The summed E-state index contributed by atoms with van der Waals surface area (Å²) >= 11 is 0. The van der Waals surface area contributed by atoms with E-state index >= 15 is 0 Å². The summed E-state index contributed by atoms with van der Waals surface area (Å²) in [4.78, 5) is 26.0. The molecule has 0 aliphatic heterocycles. The van der Waals surface area contributed by atoms with Crippen LogP contribution in [0.3, 0.4) is 0 Å². The highest BCUT2D eigenvalue weighted by Crippen LogP contribution is 2.27. The van der Waals surface area contributed by atoms with Crippen LogP contribution in [-0.4, -0.2) is 28.1 Å². The van der Waals surface area contributed by atoms with E-state index in [2.05, 4.69) is 10.3 Å². The molecule has 5 heteroatoms. The first-order chi connectivity index (χ1) is 8.61. The number of carbonyl (C=O) groups excluding carboxylic acids is 1. The summed E-state index contributed by atoms with van der Waals surface area (Å²) in [7, 11) is 0. The molecule has 1 aromatic heterocycles. The summed E-state index contributed by atoms with van der Waals surface area (Å²) in [5.74, 6) is -0.434. The van der Waals surface area contributed by atoms with Crippen molar-refractivity contribution in [3.8, 4) is 0 Å². The number of hydrogen-bond acceptors (Lipinski definition) is 3. The maximum Gasteiger partial charge on any atom is 0.256 e. The van der Waals surface area contributed by atoms with Gasteiger partial charge in [0.25, 0.3) is 5.91 Å². The van der Waals surface area contributed by atoms with Crippen LogP contribution in [0.15, 0.2) is 23.3 Å². The Balaban J connectivity index is 1.96. The van der Waals surface area contributed by atoms with Gasteiger partial charge < -0.3 is 15.4 Å². The normalized spacial score (nSPS) is 18.3. The SMILES string of the molecule is O=C(NCC1(O)CCCCC1)c1c[nH]ccc1=O. The van der Waals surface area contributed by atoms with Gasteiger partial charge in [-0.2, -0.15) is 0 Å². The minimum absolute atomic E-state index is 0.0805. The van der Waals surface area contributed by atoms with Crippen molar-refractivity contribution < 1.29 is 9.90 Å². The number of H-pyrrole nitrogens is 1. The fraction of sp³-hybridized carbons (Fsp3) is 0.538. The molecule has 0 spiro atoms. The van der Waals surface area contributed by atoms with Crippen molar-refractivity contribution >= 4 is 5.91 Å². The Morgan fingerprint density at radius 3 is 2.78 bits per heavy atom. The van der Waals surface area contributed by atoms with Crippen LogP contribution >= 0.6 is 0 Å². The second-order valence-electron chi connectivity index (χ2n) is 4.89. The molecule has 0 bridgehead atoms. The van der Waals surface area contributed by atoms with Gasteiger partial charge in [-0.15, -0.1) is 0 Å². The van der Waals surface area contributed by atoms with Crippen LogP contribution in [-0.2, 0) is 0 Å². The first kappa shape index (κ1) is 12.8. The van der Waals surface area contributed by atoms with Crippen LogP contribution in [0.4, 0.5) is 0 Å². The van der Waals surface area contributed by atoms with E-state index in [0.717, 1.165) is 19.3 Å². The molecule has 1 fully saturated rings. The first-order valence-electron chi connectivity index (χ1n) is 6.28. The minimum atomic E-state index is -0.810. The lowest BCUT2D eigenvalue weighted by atomic mass is 9.85. The summed E-state index contributed by atoms with van der Waals surface area (Å²) in [6.45, 7) is 0.208. The van der Waals surface area contributed by atoms with Gasteiger partial charge in [-0.05, 0) is 12.8 Å². The van der Waals surface area contributed by atoms with Gasteiger partial charge in [0.1, 0.15) is 5.56 Å². The van der Waals surface area contributed by atoms with Gasteiger partial charge in [0.15, 0.2) is 5.43 Å². The van der Waals surface area contributed by atoms with Gasteiger partial charge >= 0.3 is 0 Å². The largest absolute Gasteiger partial charge is 0.388 e. The van der Waals surface area contributed by atoms with E-state index in [4.69, 9.17) is 0 Å². The maximum atomic E-state index is 11.8. The zero-order valence-electron chi connectivity index (χ0n) is 10.2. The molecular formula is C13H18N2O3. The standard InChI is InChI=1S/C13H18N2O3/c16-11-4-7-14-8-10(11)12(17)15-9-13(18)5-2-1-3-6-13/h4,7-8,18H,1-3,5-6,9H2,(H,14,16)(H,15,17). The van der Waals surface area contributed by atoms with Crippen molar-refractivity contribution in [2.45, 2.75) is 37.7 Å². The third-order valence-electron chi connectivity index (χ3n) is 3.43. The predicted molar refractivity (Wildman–Crippen MR) is 67.4 cm³/mol. The van der Waals surface area contributed by atoms with E-state index in [9.17, 15) is 14.7 Å². The average Bonchev–Trinajstić information content (AvgIpc) is 2.38. The number of rotatable bonds is 3. The average molecular weight is 250 g/mol. The zero-order valence-corrected chi connectivity index (χ0v) is 10.2. The van der Waals surface area contributed by atoms with E-state index in [0.29, 0.717) is 12.8 Å². The van der Waals surface area contributed by atoms with Crippen LogP contribution in [0.25, 0.3) is 0 Å². The highest BCUT2D eigenvalue weighted by atomic mass is 16.3. The van der Waals surface area contributed by atoms with Gasteiger partial charge in [-0.1, -0.05) is 19.3 Å². The van der Waals surface area contributed by atoms with E-state index in [1.165, 1.54) is 18.5 Å². The van der Waals surface area contributed by atoms with Crippen molar-refractivity contribution in [3.63, 3.8) is 0 Å². The number of carbonyl (C=O) groups is 1. The van der Waals surface area contributed by atoms with Gasteiger partial charge in [0.05, 0.1) is 5.60 Å². The lowest BCUT2D eigenvalue weighted by molar-refractivity contribution is 0.00524. The molecule has 5 nitrogen and oxygen atoms in total. The Bertz CT molecular complexity index is 475. The lowest BCUT2D eigenvalue weighted by Crippen LogP contribution is -2.45. The molecule has 0 aromatic carbocycles. The van der Waals surface area contributed by atoms with Gasteiger partial charge in [0, 0.05) is 25.0 Å². The Morgan fingerprint density at radius 2 is 2.11 bits per heavy atom. The number of nitrogens with one attached hydrogen (secondary N) is 2. The maximum absolute atomic E-state index is 11.8. The Morgan fingerprint density at radius 1 is 1.39 bits per heavy atom. The molecule has 0 radical (unpaired) electrons.